The Balaban J connectivity index is 1.95. The van der Waals surface area contributed by atoms with Gasteiger partial charge >= 0.3 is 0 Å². The molecule has 0 atom stereocenters. The molecule has 0 bridgehead atoms. The third-order valence-electron chi connectivity index (χ3n) is 4.12. The summed E-state index contributed by atoms with van der Waals surface area (Å²) in [6.45, 7) is 0.419. The number of carbonyl (C=O) groups is 1. The molecule has 0 aliphatic rings. The van der Waals surface area contributed by atoms with Gasteiger partial charge in [0, 0.05) is 36.4 Å². The molecule has 6 N–H and O–H groups in total. The van der Waals surface area contributed by atoms with Crippen LogP contribution < -0.4 is 21.5 Å². The fourth-order valence-corrected chi connectivity index (χ4v) is 2.66. The highest BCUT2D eigenvalue weighted by Gasteiger charge is 2.16. The van der Waals surface area contributed by atoms with Crippen molar-refractivity contribution in [1.82, 2.24) is 20.4 Å². The van der Waals surface area contributed by atoms with Gasteiger partial charge in [0.25, 0.3) is 5.91 Å². The maximum Gasteiger partial charge on any atom is 0.274 e. The van der Waals surface area contributed by atoms with Gasteiger partial charge in [-0.05, 0) is 29.8 Å². The van der Waals surface area contributed by atoms with Crippen LogP contribution in [-0.2, 0) is 6.54 Å². The normalized spacial score (nSPS) is 10.7. The predicted octanol–water partition coefficient (Wildman–Crippen LogP) is 0.350. The molecule has 2 heterocycles. The summed E-state index contributed by atoms with van der Waals surface area (Å²) < 4.78 is 0. The molecule has 146 valence electrons. The minimum absolute atomic E-state index is 0.346. The number of allylic oxidation sites excluding steroid dienone is 1. The number of benzene rings is 1. The molecule has 0 saturated carbocycles. The van der Waals surface area contributed by atoms with Crippen molar-refractivity contribution in [3.05, 3.63) is 90.2 Å². The quantitative estimate of drug-likeness (QED) is 0.259. The first-order valence-electron chi connectivity index (χ1n) is 8.66. The molecular formula is C20H20N7O2+. The first kappa shape index (κ1) is 19.6. The third kappa shape index (κ3) is 4.79. The molecule has 0 fully saturated rings. The van der Waals surface area contributed by atoms with Gasteiger partial charge in [-0.2, -0.15) is 0 Å². The Morgan fingerprint density at radius 3 is 2.52 bits per heavy atom. The molecule has 0 spiro atoms. The number of nitrogens with one attached hydrogen (secondary N) is 1. The Labute approximate surface area is 167 Å². The topological polar surface area (TPSA) is 143 Å². The number of hydrogen-bond acceptors (Lipinski definition) is 7. The summed E-state index contributed by atoms with van der Waals surface area (Å²) in [6, 6.07) is 10.4. The van der Waals surface area contributed by atoms with Gasteiger partial charge in [-0.1, -0.05) is 12.1 Å². The highest BCUT2D eigenvalue weighted by molar-refractivity contribution is 6.04. The number of aromatic nitrogens is 3. The summed E-state index contributed by atoms with van der Waals surface area (Å²) in [5, 5.41) is 14.8. The van der Waals surface area contributed by atoms with E-state index in [-0.39, 0.29) is 0 Å². The molecule has 0 radical (unpaired) electrons. The van der Waals surface area contributed by atoms with Crippen LogP contribution >= 0.6 is 0 Å². The number of carbonyl (C=O) groups excluding carboxylic acids is 1. The SMILES string of the molecule is NC=CC(=[NH2+])c1ccnc(N(Cc2ccc(C(=O)NO)cc2)c2cnccn2)c1. The fraction of sp³-hybridized carbons (Fsp3) is 0.0500. The molecule has 29 heavy (non-hydrogen) atoms. The number of nitrogens with zero attached hydrogens (tertiary/aromatic N) is 4. The van der Waals surface area contributed by atoms with Crippen LogP contribution in [0.1, 0.15) is 21.5 Å². The van der Waals surface area contributed by atoms with Crippen LogP contribution in [-0.4, -0.2) is 31.8 Å². The van der Waals surface area contributed by atoms with E-state index in [4.69, 9.17) is 16.4 Å². The summed E-state index contributed by atoms with van der Waals surface area (Å²) in [7, 11) is 0. The fourth-order valence-electron chi connectivity index (χ4n) is 2.66. The predicted molar refractivity (Wildman–Crippen MR) is 107 cm³/mol. The van der Waals surface area contributed by atoms with Crippen LogP contribution in [0.25, 0.3) is 0 Å². The zero-order valence-corrected chi connectivity index (χ0v) is 15.4. The van der Waals surface area contributed by atoms with Crippen molar-refractivity contribution in [2.75, 3.05) is 4.90 Å². The Hall–Kier alpha value is -4.11. The van der Waals surface area contributed by atoms with Crippen molar-refractivity contribution in [3.8, 4) is 0 Å². The van der Waals surface area contributed by atoms with Gasteiger partial charge in [-0.3, -0.25) is 20.4 Å². The highest BCUT2D eigenvalue weighted by Crippen LogP contribution is 2.24. The number of hydroxylamine groups is 1. The van der Waals surface area contributed by atoms with Crippen LogP contribution in [0, 0.1) is 0 Å². The van der Waals surface area contributed by atoms with E-state index in [2.05, 4.69) is 15.0 Å². The maximum atomic E-state index is 11.5. The summed E-state index contributed by atoms with van der Waals surface area (Å²) in [6.07, 6.45) is 9.45. The van der Waals surface area contributed by atoms with E-state index < -0.39 is 5.91 Å². The van der Waals surface area contributed by atoms with Gasteiger partial charge in [-0.25, -0.2) is 15.4 Å². The Bertz CT molecular complexity index is 1020. The molecule has 0 unspecified atom stereocenters. The molecule has 0 aliphatic carbocycles. The molecule has 1 amide bonds. The van der Waals surface area contributed by atoms with Gasteiger partial charge in [0.2, 0.25) is 5.71 Å². The smallest absolute Gasteiger partial charge is 0.274 e. The number of amides is 1. The average molecular weight is 390 g/mol. The largest absolute Gasteiger partial charge is 0.404 e. The molecule has 9 nitrogen and oxygen atoms in total. The van der Waals surface area contributed by atoms with Crippen molar-refractivity contribution in [1.29, 1.82) is 0 Å². The second kappa shape index (κ2) is 9.20. The van der Waals surface area contributed by atoms with E-state index in [1.165, 1.54) is 6.20 Å². The van der Waals surface area contributed by atoms with Crippen LogP contribution in [0.3, 0.4) is 0 Å². The maximum absolute atomic E-state index is 11.5. The monoisotopic (exact) mass is 390 g/mol. The summed E-state index contributed by atoms with van der Waals surface area (Å²) in [5.74, 6) is 0.645. The Kier molecular flexibility index (Phi) is 6.23. The first-order valence-corrected chi connectivity index (χ1v) is 8.66. The number of rotatable bonds is 7. The van der Waals surface area contributed by atoms with Crippen LogP contribution in [0.2, 0.25) is 0 Å². The molecular weight excluding hydrogens is 370 g/mol. The van der Waals surface area contributed by atoms with E-state index in [0.29, 0.717) is 29.5 Å². The third-order valence-corrected chi connectivity index (χ3v) is 4.12. The highest BCUT2D eigenvalue weighted by atomic mass is 16.5. The van der Waals surface area contributed by atoms with Crippen molar-refractivity contribution in [3.63, 3.8) is 0 Å². The molecule has 3 aromatic rings. The molecule has 0 saturated heterocycles. The lowest BCUT2D eigenvalue weighted by atomic mass is 10.1. The molecule has 3 rings (SSSR count). The average Bonchev–Trinajstić information content (AvgIpc) is 2.78. The lowest BCUT2D eigenvalue weighted by Crippen LogP contribution is -2.39. The van der Waals surface area contributed by atoms with Crippen LogP contribution in [0.5, 0.6) is 0 Å². The second-order valence-electron chi connectivity index (χ2n) is 6.00. The zero-order chi connectivity index (χ0) is 20.6. The number of anilines is 2. The van der Waals surface area contributed by atoms with Crippen molar-refractivity contribution < 1.29 is 15.4 Å². The van der Waals surface area contributed by atoms with Gasteiger partial charge < -0.3 is 10.6 Å². The summed E-state index contributed by atoms with van der Waals surface area (Å²) >= 11 is 0. The molecule has 9 heteroatoms. The van der Waals surface area contributed by atoms with Crippen molar-refractivity contribution >= 4 is 23.3 Å². The Morgan fingerprint density at radius 1 is 1.10 bits per heavy atom. The summed E-state index contributed by atoms with van der Waals surface area (Å²) in [5.41, 5.74) is 9.56. The molecule has 0 aliphatic heterocycles. The second-order valence-corrected chi connectivity index (χ2v) is 6.00. The van der Waals surface area contributed by atoms with Crippen molar-refractivity contribution in [2.24, 2.45) is 5.73 Å². The van der Waals surface area contributed by atoms with E-state index in [1.54, 1.807) is 66.7 Å². The van der Waals surface area contributed by atoms with E-state index in [1.807, 2.05) is 11.0 Å². The number of nitrogens with two attached hydrogens (primary N) is 2. The standard InChI is InChI=1S/C20H19N7O2/c21-7-5-17(22)16-6-8-24-18(11-16)27(19-12-23-9-10-25-19)13-14-1-3-15(4-2-14)20(28)26-29/h1-12,22,29H,13,21H2,(H,26,28)/p+1. The van der Waals surface area contributed by atoms with E-state index >= 15 is 0 Å². The lowest BCUT2D eigenvalue weighted by Gasteiger charge is -2.23. The number of pyridine rings is 1. The van der Waals surface area contributed by atoms with Crippen LogP contribution in [0.15, 0.2) is 73.5 Å². The minimum atomic E-state index is -0.573. The lowest BCUT2D eigenvalue weighted by molar-refractivity contribution is -0.111. The first-order chi connectivity index (χ1) is 14.1. The number of hydrogen-bond donors (Lipinski definition) is 4. The van der Waals surface area contributed by atoms with Crippen molar-refractivity contribution in [2.45, 2.75) is 6.54 Å². The van der Waals surface area contributed by atoms with Gasteiger partial charge in [0.15, 0.2) is 5.82 Å². The van der Waals surface area contributed by atoms with Crippen LogP contribution in [0.4, 0.5) is 11.6 Å². The molecule has 1 aromatic carbocycles. The summed E-state index contributed by atoms with van der Waals surface area (Å²) in [4.78, 5) is 26.4. The van der Waals surface area contributed by atoms with E-state index in [0.717, 1.165) is 11.1 Å². The van der Waals surface area contributed by atoms with Gasteiger partial charge in [0.05, 0.1) is 18.3 Å². The van der Waals surface area contributed by atoms with Gasteiger partial charge in [-0.15, -0.1) is 0 Å². The van der Waals surface area contributed by atoms with Gasteiger partial charge in [0.1, 0.15) is 5.82 Å². The minimum Gasteiger partial charge on any atom is -0.404 e. The zero-order valence-electron chi connectivity index (χ0n) is 15.4. The van der Waals surface area contributed by atoms with E-state index in [9.17, 15) is 4.79 Å². The molecule has 2 aromatic heterocycles. The Morgan fingerprint density at radius 2 is 1.86 bits per heavy atom.